The molecule has 0 aromatic carbocycles. The van der Waals surface area contributed by atoms with Gasteiger partial charge in [-0.25, -0.2) is 9.59 Å². The quantitative estimate of drug-likeness (QED) is 0.254. The SMILES string of the molecule is CCCCCNC(=O)NC(=O)CSSCCNC(=O)NC(=O)CCCCC. The van der Waals surface area contributed by atoms with Crippen LogP contribution in [0.3, 0.4) is 0 Å². The first-order valence-corrected chi connectivity index (χ1v) is 11.9. The van der Waals surface area contributed by atoms with Crippen molar-refractivity contribution in [2.24, 2.45) is 0 Å². The van der Waals surface area contributed by atoms with Crippen molar-refractivity contribution in [2.75, 3.05) is 24.6 Å². The van der Waals surface area contributed by atoms with Crippen LogP contribution in [0.2, 0.25) is 0 Å². The van der Waals surface area contributed by atoms with Crippen LogP contribution in [-0.2, 0) is 9.59 Å². The number of rotatable bonds is 14. The highest BCUT2D eigenvalue weighted by Gasteiger charge is 2.08. The summed E-state index contributed by atoms with van der Waals surface area (Å²) < 4.78 is 0. The molecule has 0 unspecified atom stereocenters. The number of carbonyl (C=O) groups excluding carboxylic acids is 4. The summed E-state index contributed by atoms with van der Waals surface area (Å²) in [7, 11) is 2.71. The molecule has 27 heavy (non-hydrogen) atoms. The van der Waals surface area contributed by atoms with Gasteiger partial charge in [0.05, 0.1) is 5.75 Å². The van der Waals surface area contributed by atoms with Crippen molar-refractivity contribution in [2.45, 2.75) is 58.8 Å². The molecule has 8 nitrogen and oxygen atoms in total. The molecule has 0 rings (SSSR count). The molecule has 156 valence electrons. The fourth-order valence-electron chi connectivity index (χ4n) is 1.91. The van der Waals surface area contributed by atoms with E-state index in [1.807, 2.05) is 6.92 Å². The Morgan fingerprint density at radius 3 is 1.96 bits per heavy atom. The molecule has 0 heterocycles. The zero-order valence-corrected chi connectivity index (χ0v) is 17.9. The lowest BCUT2D eigenvalue weighted by atomic mass is 10.2. The predicted octanol–water partition coefficient (Wildman–Crippen LogP) is 2.79. The molecular weight excluding hydrogens is 388 g/mol. The van der Waals surface area contributed by atoms with E-state index in [0.717, 1.165) is 38.5 Å². The first-order valence-electron chi connectivity index (χ1n) is 9.39. The number of imide groups is 2. The first kappa shape index (κ1) is 25.6. The Morgan fingerprint density at radius 2 is 1.30 bits per heavy atom. The van der Waals surface area contributed by atoms with Crippen LogP contribution >= 0.6 is 21.6 Å². The van der Waals surface area contributed by atoms with Crippen molar-refractivity contribution in [1.82, 2.24) is 21.3 Å². The zero-order valence-electron chi connectivity index (χ0n) is 16.2. The Kier molecular flexibility index (Phi) is 17.0. The maximum Gasteiger partial charge on any atom is 0.321 e. The van der Waals surface area contributed by atoms with E-state index in [-0.39, 0.29) is 17.6 Å². The third-order valence-corrected chi connectivity index (χ3v) is 5.59. The van der Waals surface area contributed by atoms with Crippen LogP contribution in [-0.4, -0.2) is 48.5 Å². The van der Waals surface area contributed by atoms with E-state index in [1.54, 1.807) is 0 Å². The van der Waals surface area contributed by atoms with E-state index < -0.39 is 12.1 Å². The van der Waals surface area contributed by atoms with Crippen LogP contribution in [0.5, 0.6) is 0 Å². The van der Waals surface area contributed by atoms with E-state index in [9.17, 15) is 19.2 Å². The van der Waals surface area contributed by atoms with Crippen LogP contribution in [0.15, 0.2) is 0 Å². The fraction of sp³-hybridized carbons (Fsp3) is 0.765. The molecule has 0 saturated carbocycles. The van der Waals surface area contributed by atoms with Crippen LogP contribution in [0, 0.1) is 0 Å². The van der Waals surface area contributed by atoms with E-state index in [0.29, 0.717) is 25.3 Å². The Morgan fingerprint density at radius 1 is 0.704 bits per heavy atom. The minimum Gasteiger partial charge on any atom is -0.338 e. The van der Waals surface area contributed by atoms with Gasteiger partial charge in [0.2, 0.25) is 11.8 Å². The molecule has 0 aliphatic carbocycles. The molecule has 0 saturated heterocycles. The third-order valence-electron chi connectivity index (χ3n) is 3.32. The van der Waals surface area contributed by atoms with Gasteiger partial charge in [0.1, 0.15) is 0 Å². The number of unbranched alkanes of at least 4 members (excludes halogenated alkanes) is 4. The maximum atomic E-state index is 11.6. The molecule has 0 aliphatic rings. The summed E-state index contributed by atoms with van der Waals surface area (Å²) in [4.78, 5) is 46.0. The Labute approximate surface area is 169 Å². The number of nitrogens with one attached hydrogen (secondary N) is 4. The molecule has 10 heteroatoms. The molecule has 0 aliphatic heterocycles. The highest BCUT2D eigenvalue weighted by molar-refractivity contribution is 8.76. The fourth-order valence-corrected chi connectivity index (χ4v) is 3.65. The highest BCUT2D eigenvalue weighted by Crippen LogP contribution is 2.19. The number of amides is 6. The van der Waals surface area contributed by atoms with Crippen molar-refractivity contribution in [1.29, 1.82) is 0 Å². The Hall–Kier alpha value is -1.42. The molecule has 0 aromatic heterocycles. The van der Waals surface area contributed by atoms with E-state index in [2.05, 4.69) is 28.2 Å². The summed E-state index contributed by atoms with van der Waals surface area (Å²) in [5.41, 5.74) is 0. The summed E-state index contributed by atoms with van der Waals surface area (Å²) in [5.74, 6) is 0.102. The standard InChI is InChI=1S/C17H32N4O4S2/c1-3-5-7-9-14(22)20-17(25)19-11-12-26-27-13-15(23)21-16(24)18-10-8-6-4-2/h3-13H2,1-2H3,(H2,18,21,23,24)(H2,19,20,22,25). The van der Waals surface area contributed by atoms with Crippen LogP contribution in [0.4, 0.5) is 9.59 Å². The lowest BCUT2D eigenvalue weighted by molar-refractivity contribution is -0.120. The van der Waals surface area contributed by atoms with Crippen molar-refractivity contribution >= 4 is 45.5 Å². The first-order chi connectivity index (χ1) is 13.0. The second-order valence-corrected chi connectivity index (χ2v) is 8.44. The van der Waals surface area contributed by atoms with E-state index in [4.69, 9.17) is 0 Å². The van der Waals surface area contributed by atoms with Gasteiger partial charge in [-0.3, -0.25) is 20.2 Å². The molecule has 0 atom stereocenters. The summed E-state index contributed by atoms with van der Waals surface area (Å²) >= 11 is 0. The molecule has 6 amide bonds. The summed E-state index contributed by atoms with van der Waals surface area (Å²) in [6, 6.07) is -0.969. The highest BCUT2D eigenvalue weighted by atomic mass is 33.1. The van der Waals surface area contributed by atoms with Crippen molar-refractivity contribution in [3.8, 4) is 0 Å². The minimum absolute atomic E-state index is 0.148. The summed E-state index contributed by atoms with van der Waals surface area (Å²) in [5, 5.41) is 9.77. The zero-order chi connectivity index (χ0) is 20.3. The summed E-state index contributed by atoms with van der Waals surface area (Å²) in [6.07, 6.45) is 6.14. The molecular formula is C17H32N4O4S2. The molecule has 0 fully saturated rings. The topological polar surface area (TPSA) is 116 Å². The molecule has 0 radical (unpaired) electrons. The number of urea groups is 2. The van der Waals surface area contributed by atoms with Gasteiger partial charge >= 0.3 is 12.1 Å². The van der Waals surface area contributed by atoms with Gasteiger partial charge in [0.15, 0.2) is 0 Å². The van der Waals surface area contributed by atoms with Gasteiger partial charge in [-0.2, -0.15) is 0 Å². The maximum absolute atomic E-state index is 11.6. The Bertz CT molecular complexity index is 464. The lowest BCUT2D eigenvalue weighted by Gasteiger charge is -2.07. The van der Waals surface area contributed by atoms with Crippen LogP contribution < -0.4 is 21.3 Å². The molecule has 0 bridgehead atoms. The average Bonchev–Trinajstić information content (AvgIpc) is 2.61. The summed E-state index contributed by atoms with van der Waals surface area (Å²) in [6.45, 7) is 5.07. The van der Waals surface area contributed by atoms with Gasteiger partial charge in [0, 0.05) is 25.3 Å². The number of hydrogen-bond donors (Lipinski definition) is 4. The van der Waals surface area contributed by atoms with Crippen LogP contribution in [0.1, 0.15) is 58.8 Å². The lowest BCUT2D eigenvalue weighted by Crippen LogP contribution is -2.40. The van der Waals surface area contributed by atoms with Gasteiger partial charge in [-0.05, 0) is 12.8 Å². The largest absolute Gasteiger partial charge is 0.338 e. The van der Waals surface area contributed by atoms with Crippen molar-refractivity contribution in [3.63, 3.8) is 0 Å². The van der Waals surface area contributed by atoms with Gasteiger partial charge in [-0.1, -0.05) is 61.1 Å². The number of carbonyl (C=O) groups is 4. The second kappa shape index (κ2) is 18.0. The Balaban J connectivity index is 3.56. The third kappa shape index (κ3) is 17.7. The van der Waals surface area contributed by atoms with Gasteiger partial charge in [-0.15, -0.1) is 0 Å². The van der Waals surface area contributed by atoms with E-state index >= 15 is 0 Å². The van der Waals surface area contributed by atoms with Gasteiger partial charge in [0.25, 0.3) is 0 Å². The monoisotopic (exact) mass is 420 g/mol. The minimum atomic E-state index is -0.500. The number of hydrogen-bond acceptors (Lipinski definition) is 6. The van der Waals surface area contributed by atoms with E-state index in [1.165, 1.54) is 21.6 Å². The smallest absolute Gasteiger partial charge is 0.321 e. The molecule has 0 aromatic rings. The van der Waals surface area contributed by atoms with Crippen molar-refractivity contribution < 1.29 is 19.2 Å². The van der Waals surface area contributed by atoms with Crippen LogP contribution in [0.25, 0.3) is 0 Å². The average molecular weight is 421 g/mol. The molecule has 0 spiro atoms. The van der Waals surface area contributed by atoms with Gasteiger partial charge < -0.3 is 10.6 Å². The normalized spacial score (nSPS) is 10.1. The molecule has 4 N–H and O–H groups in total. The predicted molar refractivity (Wildman–Crippen MR) is 112 cm³/mol. The van der Waals surface area contributed by atoms with Crippen molar-refractivity contribution in [3.05, 3.63) is 0 Å². The second-order valence-electron chi connectivity index (χ2n) is 5.86.